The minimum Gasteiger partial charge on any atom is -0.381 e. The third-order valence-electron chi connectivity index (χ3n) is 5.10. The van der Waals surface area contributed by atoms with Crippen molar-refractivity contribution in [2.45, 2.75) is 44.2 Å². The normalized spacial score (nSPS) is 26.8. The molecule has 0 radical (unpaired) electrons. The van der Waals surface area contributed by atoms with Gasteiger partial charge in [0.15, 0.2) is 0 Å². The lowest BCUT2D eigenvalue weighted by Gasteiger charge is -2.40. The van der Waals surface area contributed by atoms with Crippen molar-refractivity contribution in [3.8, 4) is 0 Å². The van der Waals surface area contributed by atoms with Gasteiger partial charge in [-0.25, -0.2) is 8.78 Å². The van der Waals surface area contributed by atoms with E-state index < -0.39 is 17.2 Å². The average molecular weight is 339 g/mol. The van der Waals surface area contributed by atoms with Gasteiger partial charge in [-0.1, -0.05) is 6.07 Å². The molecule has 0 unspecified atom stereocenters. The summed E-state index contributed by atoms with van der Waals surface area (Å²) in [5.41, 5.74) is -0.533. The molecule has 2 aliphatic rings. The summed E-state index contributed by atoms with van der Waals surface area (Å²) < 4.78 is 38.6. The van der Waals surface area contributed by atoms with E-state index in [0.29, 0.717) is 38.2 Å². The summed E-state index contributed by atoms with van der Waals surface area (Å²) in [6.07, 6.45) is 2.36. The largest absolute Gasteiger partial charge is 0.381 e. The number of rotatable bonds is 3. The Hall–Kier alpha value is -1.53. The van der Waals surface area contributed by atoms with Crippen LogP contribution in [0.1, 0.15) is 38.2 Å². The van der Waals surface area contributed by atoms with E-state index in [0.717, 1.165) is 18.9 Å². The van der Waals surface area contributed by atoms with Gasteiger partial charge >= 0.3 is 0 Å². The summed E-state index contributed by atoms with van der Waals surface area (Å²) in [5.74, 6) is -1.64. The minimum absolute atomic E-state index is 0.132. The fourth-order valence-electron chi connectivity index (χ4n) is 3.66. The summed E-state index contributed by atoms with van der Waals surface area (Å²) in [5, 5.41) is 3.05. The van der Waals surface area contributed by atoms with Crippen LogP contribution < -0.4 is 5.32 Å². The van der Waals surface area contributed by atoms with Crippen LogP contribution in [0.25, 0.3) is 0 Å². The molecule has 4 nitrogen and oxygen atoms in total. The number of amides is 1. The molecule has 3 rings (SSSR count). The maximum Gasteiger partial charge on any atom is 0.226 e. The molecule has 132 valence electrons. The molecule has 1 amide bonds. The monoisotopic (exact) mass is 339 g/mol. The first-order chi connectivity index (χ1) is 11.5. The predicted molar refractivity (Wildman–Crippen MR) is 84.4 cm³/mol. The third-order valence-corrected chi connectivity index (χ3v) is 5.10. The van der Waals surface area contributed by atoms with E-state index >= 15 is 0 Å². The summed E-state index contributed by atoms with van der Waals surface area (Å²) >= 11 is 0. The molecule has 2 atom stereocenters. The Kier molecular flexibility index (Phi) is 5.15. The number of ether oxygens (including phenoxy) is 2. The van der Waals surface area contributed by atoms with Crippen LogP contribution in [0, 0.1) is 17.6 Å². The van der Waals surface area contributed by atoms with Gasteiger partial charge < -0.3 is 14.8 Å². The van der Waals surface area contributed by atoms with Crippen molar-refractivity contribution in [3.05, 3.63) is 35.4 Å². The zero-order valence-electron chi connectivity index (χ0n) is 13.8. The molecule has 24 heavy (non-hydrogen) atoms. The first-order valence-corrected chi connectivity index (χ1v) is 8.49. The molecular formula is C18H23F2NO3. The van der Waals surface area contributed by atoms with E-state index in [4.69, 9.17) is 9.47 Å². The molecule has 0 bridgehead atoms. The molecule has 2 aliphatic heterocycles. The standard InChI is InChI=1S/C18H23F2NO3/c1-12-14(3-2-8-24-12)17(22)21-18(6-9-23-10-7-18)15-5-4-13(19)11-16(15)20/h4-5,11-12,14H,2-3,6-10H2,1H3,(H,21,22)/t12-,14+/m0/s1. The van der Waals surface area contributed by atoms with Gasteiger partial charge in [0.2, 0.25) is 5.91 Å². The number of hydrogen-bond donors (Lipinski definition) is 1. The Morgan fingerprint density at radius 2 is 2.00 bits per heavy atom. The van der Waals surface area contributed by atoms with E-state index in [1.54, 1.807) is 0 Å². The molecule has 0 saturated carbocycles. The van der Waals surface area contributed by atoms with Crippen LogP contribution in [-0.2, 0) is 19.8 Å². The molecule has 6 heteroatoms. The summed E-state index contributed by atoms with van der Waals surface area (Å²) in [6.45, 7) is 3.40. The predicted octanol–water partition coefficient (Wildman–Crippen LogP) is 2.90. The first-order valence-electron chi connectivity index (χ1n) is 8.49. The van der Waals surface area contributed by atoms with E-state index in [2.05, 4.69) is 5.32 Å². The highest BCUT2D eigenvalue weighted by molar-refractivity contribution is 5.80. The van der Waals surface area contributed by atoms with Gasteiger partial charge in [0.05, 0.1) is 17.6 Å². The van der Waals surface area contributed by atoms with Crippen molar-refractivity contribution in [2.75, 3.05) is 19.8 Å². The highest BCUT2D eigenvalue weighted by Crippen LogP contribution is 2.35. The molecule has 2 heterocycles. The Labute approximate surface area is 140 Å². The van der Waals surface area contributed by atoms with E-state index in [-0.39, 0.29) is 17.9 Å². The lowest BCUT2D eigenvalue weighted by molar-refractivity contribution is -0.136. The van der Waals surface area contributed by atoms with Crippen molar-refractivity contribution in [2.24, 2.45) is 5.92 Å². The van der Waals surface area contributed by atoms with Crippen molar-refractivity contribution in [3.63, 3.8) is 0 Å². The molecule has 1 aromatic rings. The van der Waals surface area contributed by atoms with Gasteiger partial charge in [-0.15, -0.1) is 0 Å². The van der Waals surface area contributed by atoms with Crippen molar-refractivity contribution < 1.29 is 23.0 Å². The number of nitrogens with one attached hydrogen (secondary N) is 1. The van der Waals surface area contributed by atoms with Crippen molar-refractivity contribution in [1.82, 2.24) is 5.32 Å². The maximum absolute atomic E-state index is 14.4. The number of carbonyl (C=O) groups excluding carboxylic acids is 1. The second-order valence-electron chi connectivity index (χ2n) is 6.63. The molecule has 2 saturated heterocycles. The number of carbonyl (C=O) groups is 1. The van der Waals surface area contributed by atoms with E-state index in [1.165, 1.54) is 12.1 Å². The maximum atomic E-state index is 14.4. The number of hydrogen-bond acceptors (Lipinski definition) is 3. The van der Waals surface area contributed by atoms with Crippen LogP contribution in [0.4, 0.5) is 8.78 Å². The van der Waals surface area contributed by atoms with E-state index in [9.17, 15) is 13.6 Å². The topological polar surface area (TPSA) is 47.6 Å². The van der Waals surface area contributed by atoms with Gasteiger partial charge in [0.1, 0.15) is 11.6 Å². The Balaban J connectivity index is 1.87. The molecule has 0 aromatic heterocycles. The Bertz CT molecular complexity index is 602. The van der Waals surface area contributed by atoms with Crippen LogP contribution in [0.5, 0.6) is 0 Å². The van der Waals surface area contributed by atoms with Gasteiger partial charge in [-0.05, 0) is 38.7 Å². The highest BCUT2D eigenvalue weighted by Gasteiger charge is 2.40. The van der Waals surface area contributed by atoms with Gasteiger partial charge in [0.25, 0.3) is 0 Å². The smallest absolute Gasteiger partial charge is 0.226 e. The van der Waals surface area contributed by atoms with Crippen LogP contribution in [-0.4, -0.2) is 31.8 Å². The number of halogens is 2. The zero-order valence-corrected chi connectivity index (χ0v) is 13.8. The fourth-order valence-corrected chi connectivity index (χ4v) is 3.66. The highest BCUT2D eigenvalue weighted by atomic mass is 19.1. The van der Waals surface area contributed by atoms with Crippen molar-refractivity contribution in [1.29, 1.82) is 0 Å². The van der Waals surface area contributed by atoms with Crippen LogP contribution in [0.2, 0.25) is 0 Å². The molecule has 2 fully saturated rings. The van der Waals surface area contributed by atoms with Crippen LogP contribution in [0.15, 0.2) is 18.2 Å². The lowest BCUT2D eigenvalue weighted by atomic mass is 9.81. The SMILES string of the molecule is C[C@@H]1OCCC[C@H]1C(=O)NC1(c2ccc(F)cc2F)CCOCC1. The molecule has 0 aliphatic carbocycles. The van der Waals surface area contributed by atoms with Gasteiger partial charge in [-0.2, -0.15) is 0 Å². The molecule has 0 spiro atoms. The Morgan fingerprint density at radius 1 is 1.25 bits per heavy atom. The molecule has 1 N–H and O–H groups in total. The first kappa shape index (κ1) is 17.3. The molecular weight excluding hydrogens is 316 g/mol. The summed E-state index contributed by atoms with van der Waals surface area (Å²) in [6, 6.07) is 3.52. The summed E-state index contributed by atoms with van der Waals surface area (Å²) in [4.78, 5) is 12.8. The van der Waals surface area contributed by atoms with Crippen molar-refractivity contribution >= 4 is 5.91 Å². The van der Waals surface area contributed by atoms with Gasteiger partial charge in [0, 0.05) is 31.5 Å². The van der Waals surface area contributed by atoms with Crippen LogP contribution >= 0.6 is 0 Å². The fraction of sp³-hybridized carbons (Fsp3) is 0.611. The summed E-state index contributed by atoms with van der Waals surface area (Å²) in [7, 11) is 0. The second-order valence-corrected chi connectivity index (χ2v) is 6.63. The second kappa shape index (κ2) is 7.15. The Morgan fingerprint density at radius 3 is 2.67 bits per heavy atom. The quantitative estimate of drug-likeness (QED) is 0.921. The lowest BCUT2D eigenvalue weighted by Crippen LogP contribution is -2.53. The third kappa shape index (κ3) is 3.44. The number of benzene rings is 1. The van der Waals surface area contributed by atoms with Crippen LogP contribution in [0.3, 0.4) is 0 Å². The van der Waals surface area contributed by atoms with Gasteiger partial charge in [-0.3, -0.25) is 4.79 Å². The average Bonchev–Trinajstić information content (AvgIpc) is 2.55. The molecule has 1 aromatic carbocycles. The minimum atomic E-state index is -0.857. The van der Waals surface area contributed by atoms with E-state index in [1.807, 2.05) is 6.92 Å². The zero-order chi connectivity index (χ0) is 17.2.